The van der Waals surface area contributed by atoms with Crippen LogP contribution in [0.25, 0.3) is 0 Å². The standard InChI is InChI=1S/C14H17BrN6/c15-11-6-2-1-5-10(11)9-17-13-18-12(16)19-14(20-13)21-7-3-4-8-21/h1-2,5-6H,3-4,7-9H2,(H3,16,17,18,19,20). The van der Waals surface area contributed by atoms with Crippen LogP contribution in [0.3, 0.4) is 0 Å². The summed E-state index contributed by atoms with van der Waals surface area (Å²) in [4.78, 5) is 15.0. The van der Waals surface area contributed by atoms with Gasteiger partial charge in [0, 0.05) is 24.1 Å². The SMILES string of the molecule is Nc1nc(NCc2ccccc2Br)nc(N2CCCC2)n1. The highest BCUT2D eigenvalue weighted by atomic mass is 79.9. The predicted molar refractivity (Wildman–Crippen MR) is 87.2 cm³/mol. The van der Waals surface area contributed by atoms with Crippen LogP contribution >= 0.6 is 15.9 Å². The van der Waals surface area contributed by atoms with Crippen molar-refractivity contribution in [1.82, 2.24) is 15.0 Å². The van der Waals surface area contributed by atoms with Crippen molar-refractivity contribution in [2.24, 2.45) is 0 Å². The molecule has 110 valence electrons. The van der Waals surface area contributed by atoms with Crippen LogP contribution < -0.4 is 16.0 Å². The molecule has 1 aliphatic heterocycles. The second-order valence-corrected chi connectivity index (χ2v) is 5.81. The van der Waals surface area contributed by atoms with E-state index in [9.17, 15) is 0 Å². The smallest absolute Gasteiger partial charge is 0.231 e. The first-order chi connectivity index (χ1) is 10.2. The van der Waals surface area contributed by atoms with Crippen molar-refractivity contribution in [1.29, 1.82) is 0 Å². The third-order valence-corrected chi connectivity index (χ3v) is 4.20. The number of nitrogen functional groups attached to an aromatic ring is 1. The van der Waals surface area contributed by atoms with E-state index in [-0.39, 0.29) is 5.95 Å². The maximum atomic E-state index is 5.79. The molecule has 3 N–H and O–H groups in total. The Morgan fingerprint density at radius 1 is 1.14 bits per heavy atom. The largest absolute Gasteiger partial charge is 0.368 e. The summed E-state index contributed by atoms with van der Waals surface area (Å²) in [6.45, 7) is 2.59. The van der Waals surface area contributed by atoms with Crippen molar-refractivity contribution in [3.63, 3.8) is 0 Å². The fourth-order valence-corrected chi connectivity index (χ4v) is 2.76. The van der Waals surface area contributed by atoms with Gasteiger partial charge in [-0.15, -0.1) is 0 Å². The van der Waals surface area contributed by atoms with Gasteiger partial charge in [-0.25, -0.2) is 0 Å². The molecule has 3 rings (SSSR count). The molecular weight excluding hydrogens is 332 g/mol. The minimum atomic E-state index is 0.251. The summed E-state index contributed by atoms with van der Waals surface area (Å²) < 4.78 is 1.05. The molecule has 0 unspecified atom stereocenters. The van der Waals surface area contributed by atoms with Crippen LogP contribution in [-0.2, 0) is 6.54 Å². The molecule has 7 heteroatoms. The maximum Gasteiger partial charge on any atom is 0.231 e. The molecule has 0 bridgehead atoms. The first-order valence-electron chi connectivity index (χ1n) is 6.96. The second kappa shape index (κ2) is 6.26. The van der Waals surface area contributed by atoms with Crippen molar-refractivity contribution in [2.45, 2.75) is 19.4 Å². The molecule has 1 aromatic heterocycles. The highest BCUT2D eigenvalue weighted by Crippen LogP contribution is 2.19. The van der Waals surface area contributed by atoms with E-state index in [2.05, 4.69) is 41.1 Å². The van der Waals surface area contributed by atoms with E-state index >= 15 is 0 Å². The molecule has 21 heavy (non-hydrogen) atoms. The third kappa shape index (κ3) is 3.41. The average molecular weight is 349 g/mol. The van der Waals surface area contributed by atoms with Crippen molar-refractivity contribution in [3.8, 4) is 0 Å². The van der Waals surface area contributed by atoms with Crippen molar-refractivity contribution in [3.05, 3.63) is 34.3 Å². The molecule has 0 spiro atoms. The average Bonchev–Trinajstić information content (AvgIpc) is 3.00. The lowest BCUT2D eigenvalue weighted by molar-refractivity contribution is 0.881. The molecule has 1 fully saturated rings. The number of anilines is 3. The van der Waals surface area contributed by atoms with Gasteiger partial charge in [0.25, 0.3) is 0 Å². The number of benzene rings is 1. The Kier molecular flexibility index (Phi) is 4.19. The minimum Gasteiger partial charge on any atom is -0.368 e. The Hall–Kier alpha value is -1.89. The molecule has 0 aliphatic carbocycles. The summed E-state index contributed by atoms with van der Waals surface area (Å²) in [5.41, 5.74) is 6.93. The van der Waals surface area contributed by atoms with Crippen molar-refractivity contribution >= 4 is 33.8 Å². The van der Waals surface area contributed by atoms with Crippen LogP contribution in [0.5, 0.6) is 0 Å². The van der Waals surface area contributed by atoms with Crippen LogP contribution in [0.1, 0.15) is 18.4 Å². The van der Waals surface area contributed by atoms with Crippen molar-refractivity contribution in [2.75, 3.05) is 29.0 Å². The van der Waals surface area contributed by atoms with Crippen molar-refractivity contribution < 1.29 is 0 Å². The zero-order valence-electron chi connectivity index (χ0n) is 11.6. The Morgan fingerprint density at radius 3 is 2.67 bits per heavy atom. The van der Waals surface area contributed by atoms with Gasteiger partial charge in [-0.3, -0.25) is 0 Å². The van der Waals surface area contributed by atoms with Crippen LogP contribution in [0.15, 0.2) is 28.7 Å². The number of rotatable bonds is 4. The van der Waals surface area contributed by atoms with E-state index in [1.165, 1.54) is 12.8 Å². The van der Waals surface area contributed by atoms with Crippen LogP contribution in [-0.4, -0.2) is 28.0 Å². The van der Waals surface area contributed by atoms with Gasteiger partial charge in [-0.2, -0.15) is 15.0 Å². The number of hydrogen-bond donors (Lipinski definition) is 2. The number of hydrogen-bond acceptors (Lipinski definition) is 6. The Morgan fingerprint density at radius 2 is 1.90 bits per heavy atom. The normalized spacial score (nSPS) is 14.4. The van der Waals surface area contributed by atoms with Crippen LogP contribution in [0.2, 0.25) is 0 Å². The van der Waals surface area contributed by atoms with Gasteiger partial charge in [0.2, 0.25) is 17.8 Å². The molecule has 2 heterocycles. The zero-order valence-corrected chi connectivity index (χ0v) is 13.2. The summed E-state index contributed by atoms with van der Waals surface area (Å²) in [7, 11) is 0. The second-order valence-electron chi connectivity index (χ2n) is 4.96. The number of nitrogens with two attached hydrogens (primary N) is 1. The summed E-state index contributed by atoms with van der Waals surface area (Å²) >= 11 is 3.53. The number of aromatic nitrogens is 3. The molecule has 0 amide bonds. The zero-order chi connectivity index (χ0) is 14.7. The van der Waals surface area contributed by atoms with Gasteiger partial charge in [0.05, 0.1) is 0 Å². The van der Waals surface area contributed by atoms with Gasteiger partial charge < -0.3 is 16.0 Å². The quantitative estimate of drug-likeness (QED) is 0.883. The van der Waals surface area contributed by atoms with Crippen LogP contribution in [0, 0.1) is 0 Å². The highest BCUT2D eigenvalue weighted by Gasteiger charge is 2.16. The van der Waals surface area contributed by atoms with Gasteiger partial charge >= 0.3 is 0 Å². The highest BCUT2D eigenvalue weighted by molar-refractivity contribution is 9.10. The van der Waals surface area contributed by atoms with Gasteiger partial charge in [-0.1, -0.05) is 34.1 Å². The topological polar surface area (TPSA) is 80.0 Å². The lowest BCUT2D eigenvalue weighted by Crippen LogP contribution is -2.22. The molecule has 0 radical (unpaired) electrons. The minimum absolute atomic E-state index is 0.251. The lowest BCUT2D eigenvalue weighted by Gasteiger charge is -2.16. The Bertz CT molecular complexity index is 627. The number of nitrogens with zero attached hydrogens (tertiary/aromatic N) is 4. The van der Waals surface area contributed by atoms with E-state index in [4.69, 9.17) is 5.73 Å². The molecule has 0 atom stereocenters. The van der Waals surface area contributed by atoms with E-state index in [0.717, 1.165) is 23.1 Å². The fraction of sp³-hybridized carbons (Fsp3) is 0.357. The number of nitrogens with one attached hydrogen (secondary N) is 1. The predicted octanol–water partition coefficient (Wildman–Crippen LogP) is 2.43. The van der Waals surface area contributed by atoms with Gasteiger partial charge in [0.1, 0.15) is 0 Å². The van der Waals surface area contributed by atoms with E-state index in [0.29, 0.717) is 18.4 Å². The Balaban J connectivity index is 1.74. The molecule has 1 aliphatic rings. The molecule has 0 saturated carbocycles. The van der Waals surface area contributed by atoms with E-state index < -0.39 is 0 Å². The van der Waals surface area contributed by atoms with Gasteiger partial charge in [-0.05, 0) is 24.5 Å². The van der Waals surface area contributed by atoms with Crippen LogP contribution in [0.4, 0.5) is 17.8 Å². The fourth-order valence-electron chi connectivity index (χ4n) is 2.33. The molecule has 2 aromatic rings. The first-order valence-corrected chi connectivity index (χ1v) is 7.75. The van der Waals surface area contributed by atoms with E-state index in [1.54, 1.807) is 0 Å². The van der Waals surface area contributed by atoms with E-state index in [1.807, 2.05) is 24.3 Å². The Labute approximate surface area is 131 Å². The summed E-state index contributed by atoms with van der Waals surface area (Å²) in [6, 6.07) is 8.04. The summed E-state index contributed by atoms with van der Waals surface area (Å²) in [5.74, 6) is 1.43. The monoisotopic (exact) mass is 348 g/mol. The molecule has 1 saturated heterocycles. The summed E-state index contributed by atoms with van der Waals surface area (Å²) in [5, 5.41) is 3.21. The third-order valence-electron chi connectivity index (χ3n) is 3.42. The maximum absolute atomic E-state index is 5.79. The molecule has 1 aromatic carbocycles. The molecular formula is C14H17BrN6. The summed E-state index contributed by atoms with van der Waals surface area (Å²) in [6.07, 6.45) is 2.34. The number of halogens is 1. The lowest BCUT2D eigenvalue weighted by atomic mass is 10.2. The van der Waals surface area contributed by atoms with Gasteiger partial charge in [0.15, 0.2) is 0 Å². The molecule has 6 nitrogen and oxygen atoms in total. The first kappa shape index (κ1) is 14.1.